The standard InChI is InChI=1S/C22H24F3N5OS/c1-14(2)7-6-12-28-19-15(22(23,24)25)8-5-10-18(19)30(20(26)31)21-29-17(13-32-21)16-9-3-4-11-27-16/h3-5,8-11,13-14,28H,6-7,12H2,1-2H3,(H2,26,31). The number of carbonyl (C=O) groups excluding carboxylic acids is 1. The van der Waals surface area contributed by atoms with Gasteiger partial charge in [0.25, 0.3) is 0 Å². The van der Waals surface area contributed by atoms with E-state index in [1.54, 1.807) is 29.8 Å². The quantitative estimate of drug-likeness (QED) is 0.385. The zero-order chi connectivity index (χ0) is 23.3. The van der Waals surface area contributed by atoms with Crippen molar-refractivity contribution in [2.45, 2.75) is 32.9 Å². The predicted molar refractivity (Wildman–Crippen MR) is 121 cm³/mol. The number of para-hydroxylation sites is 1. The van der Waals surface area contributed by atoms with Crippen molar-refractivity contribution < 1.29 is 18.0 Å². The number of pyridine rings is 1. The molecule has 0 aliphatic heterocycles. The summed E-state index contributed by atoms with van der Waals surface area (Å²) in [4.78, 5) is 22.0. The number of aromatic nitrogens is 2. The summed E-state index contributed by atoms with van der Waals surface area (Å²) in [6.07, 6.45) is -1.47. The summed E-state index contributed by atoms with van der Waals surface area (Å²) in [5, 5.41) is 4.72. The number of nitrogens with one attached hydrogen (secondary N) is 1. The van der Waals surface area contributed by atoms with Crippen LogP contribution in [0.4, 0.5) is 34.5 Å². The van der Waals surface area contributed by atoms with E-state index in [2.05, 4.69) is 15.3 Å². The van der Waals surface area contributed by atoms with Crippen LogP contribution in [0, 0.1) is 5.92 Å². The first-order valence-corrected chi connectivity index (χ1v) is 11.0. The first-order chi connectivity index (χ1) is 15.2. The van der Waals surface area contributed by atoms with E-state index < -0.39 is 17.8 Å². The van der Waals surface area contributed by atoms with Gasteiger partial charge in [-0.05, 0) is 43.0 Å². The molecule has 0 bridgehead atoms. The fourth-order valence-corrected chi connectivity index (χ4v) is 4.02. The lowest BCUT2D eigenvalue weighted by Crippen LogP contribution is -2.32. The molecular formula is C22H24F3N5OS. The van der Waals surface area contributed by atoms with Crippen molar-refractivity contribution in [3.63, 3.8) is 0 Å². The first-order valence-electron chi connectivity index (χ1n) is 10.1. The number of anilines is 3. The molecule has 0 aliphatic carbocycles. The van der Waals surface area contributed by atoms with Crippen molar-refractivity contribution in [2.75, 3.05) is 16.8 Å². The number of thiazole rings is 1. The van der Waals surface area contributed by atoms with Gasteiger partial charge in [-0.15, -0.1) is 11.3 Å². The number of carbonyl (C=O) groups is 1. The highest BCUT2D eigenvalue weighted by Crippen LogP contribution is 2.43. The molecule has 0 radical (unpaired) electrons. The molecule has 0 saturated carbocycles. The molecule has 0 atom stereocenters. The maximum atomic E-state index is 13.8. The number of hydrogen-bond acceptors (Lipinski definition) is 5. The van der Waals surface area contributed by atoms with Crippen LogP contribution < -0.4 is 16.0 Å². The number of alkyl halides is 3. The van der Waals surface area contributed by atoms with Crippen molar-refractivity contribution in [2.24, 2.45) is 11.7 Å². The number of hydrogen-bond donors (Lipinski definition) is 2. The SMILES string of the molecule is CC(C)CCCNc1c(N(C(N)=O)c2nc(-c3ccccn3)cs2)cccc1C(F)(F)F. The Labute approximate surface area is 188 Å². The van der Waals surface area contributed by atoms with Crippen LogP contribution in [0.1, 0.15) is 32.3 Å². The lowest BCUT2D eigenvalue weighted by molar-refractivity contribution is -0.136. The summed E-state index contributed by atoms with van der Waals surface area (Å²) in [5.41, 5.74) is 5.61. The van der Waals surface area contributed by atoms with Crippen molar-refractivity contribution in [3.05, 3.63) is 53.5 Å². The Morgan fingerprint density at radius 1 is 1.19 bits per heavy atom. The van der Waals surface area contributed by atoms with Gasteiger partial charge < -0.3 is 11.1 Å². The van der Waals surface area contributed by atoms with Gasteiger partial charge in [0.05, 0.1) is 22.6 Å². The summed E-state index contributed by atoms with van der Waals surface area (Å²) >= 11 is 1.09. The summed E-state index contributed by atoms with van der Waals surface area (Å²) < 4.78 is 41.3. The molecule has 6 nitrogen and oxygen atoms in total. The van der Waals surface area contributed by atoms with Crippen LogP contribution in [0.25, 0.3) is 11.4 Å². The molecule has 0 saturated heterocycles. The maximum absolute atomic E-state index is 13.8. The number of rotatable bonds is 8. The zero-order valence-electron chi connectivity index (χ0n) is 17.7. The first kappa shape index (κ1) is 23.5. The molecule has 2 heterocycles. The summed E-state index contributed by atoms with van der Waals surface area (Å²) in [5.74, 6) is 0.427. The van der Waals surface area contributed by atoms with Crippen LogP contribution in [0.2, 0.25) is 0 Å². The minimum Gasteiger partial charge on any atom is -0.383 e. The van der Waals surface area contributed by atoms with E-state index in [1.165, 1.54) is 12.1 Å². The van der Waals surface area contributed by atoms with Crippen LogP contribution in [0.5, 0.6) is 0 Å². The summed E-state index contributed by atoms with van der Waals surface area (Å²) in [6, 6.07) is 8.02. The van der Waals surface area contributed by atoms with Crippen molar-refractivity contribution in [1.29, 1.82) is 0 Å². The Morgan fingerprint density at radius 2 is 1.97 bits per heavy atom. The third-order valence-corrected chi connectivity index (χ3v) is 5.51. The summed E-state index contributed by atoms with van der Waals surface area (Å²) in [7, 11) is 0. The van der Waals surface area contributed by atoms with Gasteiger partial charge in [0.15, 0.2) is 5.13 Å². The minimum atomic E-state index is -4.61. The van der Waals surface area contributed by atoms with Crippen LogP contribution in [-0.2, 0) is 6.18 Å². The van der Waals surface area contributed by atoms with Crippen molar-refractivity contribution in [3.8, 4) is 11.4 Å². The molecule has 0 unspecified atom stereocenters. The molecule has 170 valence electrons. The number of primary amides is 1. The van der Waals surface area contributed by atoms with Gasteiger partial charge in [-0.3, -0.25) is 4.98 Å². The number of nitrogens with zero attached hydrogens (tertiary/aromatic N) is 3. The molecule has 3 N–H and O–H groups in total. The number of halogens is 3. The van der Waals surface area contributed by atoms with Crippen molar-refractivity contribution in [1.82, 2.24) is 9.97 Å². The second-order valence-corrected chi connectivity index (χ2v) is 8.40. The van der Waals surface area contributed by atoms with Crippen LogP contribution in [-0.4, -0.2) is 22.5 Å². The molecule has 3 aromatic rings. The largest absolute Gasteiger partial charge is 0.418 e. The zero-order valence-corrected chi connectivity index (χ0v) is 18.5. The number of urea groups is 1. The van der Waals surface area contributed by atoms with E-state index in [0.29, 0.717) is 30.3 Å². The van der Waals surface area contributed by atoms with Gasteiger partial charge in [-0.1, -0.05) is 26.0 Å². The van der Waals surface area contributed by atoms with Gasteiger partial charge in [0.2, 0.25) is 0 Å². The number of nitrogens with two attached hydrogens (primary N) is 1. The second kappa shape index (κ2) is 9.99. The molecule has 32 heavy (non-hydrogen) atoms. The Hall–Kier alpha value is -3.14. The topological polar surface area (TPSA) is 84.1 Å². The van der Waals surface area contributed by atoms with E-state index >= 15 is 0 Å². The van der Waals surface area contributed by atoms with Crippen molar-refractivity contribution >= 4 is 33.9 Å². The molecule has 0 aliphatic rings. The number of amides is 2. The average Bonchev–Trinajstić information content (AvgIpc) is 3.21. The number of benzene rings is 1. The maximum Gasteiger partial charge on any atom is 0.418 e. The third-order valence-electron chi connectivity index (χ3n) is 4.68. The van der Waals surface area contributed by atoms with Crippen LogP contribution in [0.3, 0.4) is 0 Å². The highest BCUT2D eigenvalue weighted by molar-refractivity contribution is 7.14. The van der Waals surface area contributed by atoms with Crippen LogP contribution >= 0.6 is 11.3 Å². The fourth-order valence-electron chi connectivity index (χ4n) is 3.19. The highest BCUT2D eigenvalue weighted by Gasteiger charge is 2.36. The molecule has 2 amide bonds. The van der Waals surface area contributed by atoms with E-state index in [1.807, 2.05) is 13.8 Å². The molecule has 3 rings (SSSR count). The molecule has 2 aromatic heterocycles. The predicted octanol–water partition coefficient (Wildman–Crippen LogP) is 6.29. The molecule has 10 heteroatoms. The van der Waals surface area contributed by atoms with Crippen LogP contribution in [0.15, 0.2) is 48.0 Å². The average molecular weight is 464 g/mol. The van der Waals surface area contributed by atoms with Gasteiger partial charge in [-0.25, -0.2) is 14.7 Å². The highest BCUT2D eigenvalue weighted by atomic mass is 32.1. The third kappa shape index (κ3) is 5.56. The van der Waals surface area contributed by atoms with Gasteiger partial charge in [0, 0.05) is 18.1 Å². The monoisotopic (exact) mass is 463 g/mol. The Kier molecular flexibility index (Phi) is 7.34. The Bertz CT molecular complexity index is 1050. The minimum absolute atomic E-state index is 0.00112. The summed E-state index contributed by atoms with van der Waals surface area (Å²) in [6.45, 7) is 4.42. The lowest BCUT2D eigenvalue weighted by Gasteiger charge is -2.24. The normalized spacial score (nSPS) is 11.6. The van der Waals surface area contributed by atoms with E-state index in [-0.39, 0.29) is 16.5 Å². The van der Waals surface area contributed by atoms with E-state index in [0.717, 1.165) is 28.7 Å². The molecular weight excluding hydrogens is 439 g/mol. The van der Waals surface area contributed by atoms with Gasteiger partial charge in [-0.2, -0.15) is 13.2 Å². The van der Waals surface area contributed by atoms with E-state index in [9.17, 15) is 18.0 Å². The Balaban J connectivity index is 2.02. The molecule has 0 spiro atoms. The van der Waals surface area contributed by atoms with E-state index in [4.69, 9.17) is 5.73 Å². The van der Waals surface area contributed by atoms with Gasteiger partial charge in [0.1, 0.15) is 5.69 Å². The molecule has 1 aromatic carbocycles. The smallest absolute Gasteiger partial charge is 0.383 e. The fraction of sp³-hybridized carbons (Fsp3) is 0.318. The lowest BCUT2D eigenvalue weighted by atomic mass is 10.1. The Morgan fingerprint density at radius 3 is 2.59 bits per heavy atom. The second-order valence-electron chi connectivity index (χ2n) is 7.56. The van der Waals surface area contributed by atoms with Gasteiger partial charge >= 0.3 is 12.2 Å². The molecule has 0 fully saturated rings.